The van der Waals surface area contributed by atoms with E-state index in [0.717, 1.165) is 33.3 Å². The first-order chi connectivity index (χ1) is 10.6. The number of nitrogens with zero attached hydrogens (tertiary/aromatic N) is 1. The number of hydrogen-bond acceptors (Lipinski definition) is 3. The molecule has 1 unspecified atom stereocenters. The Bertz CT molecular complexity index is 730. The van der Waals surface area contributed by atoms with Crippen LogP contribution in [0.4, 0.5) is 0 Å². The van der Waals surface area contributed by atoms with Gasteiger partial charge in [-0.25, -0.2) is 0 Å². The van der Waals surface area contributed by atoms with Crippen molar-refractivity contribution < 1.29 is 45.3 Å². The number of ketones is 1. The molecule has 0 radical (unpaired) electrons. The minimum atomic E-state index is -0.740. The predicted octanol–water partition coefficient (Wildman–Crippen LogP) is 1.78. The second-order valence-electron chi connectivity index (χ2n) is 5.31. The Morgan fingerprint density at radius 1 is 1.14 bits per heavy atom. The number of ether oxygens (including phenoxy) is 1. The van der Waals surface area contributed by atoms with Crippen LogP contribution >= 0.6 is 0 Å². The summed E-state index contributed by atoms with van der Waals surface area (Å²) < 4.78 is 7.02. The average Bonchev–Trinajstić information content (AvgIpc) is 2.75. The monoisotopic (exact) mass is 369 g/mol. The van der Waals surface area contributed by atoms with E-state index < -0.39 is 5.92 Å². The first-order valence-electron chi connectivity index (χ1n) is 6.96. The van der Waals surface area contributed by atoms with Gasteiger partial charge in [-0.3, -0.25) is 0 Å². The van der Waals surface area contributed by atoms with Gasteiger partial charge < -0.3 is 0 Å². The van der Waals surface area contributed by atoms with Gasteiger partial charge in [-0.05, 0) is 0 Å². The van der Waals surface area contributed by atoms with E-state index in [0.29, 0.717) is 17.1 Å². The molecule has 1 amide bonds. The number of likely N-dealkylation sites (N-methyl/N-ethyl adjacent to an activating group) is 1. The molecule has 0 bridgehead atoms. The van der Waals surface area contributed by atoms with Crippen LogP contribution in [0.25, 0.3) is 0 Å². The Morgan fingerprint density at radius 2 is 1.86 bits per heavy atom. The second kappa shape index (κ2) is 6.31. The molecular formula is C17H14NO3Y. The molecule has 4 nitrogen and oxygen atoms in total. The van der Waals surface area contributed by atoms with Gasteiger partial charge >= 0.3 is 149 Å². The zero-order valence-corrected chi connectivity index (χ0v) is 15.0. The van der Waals surface area contributed by atoms with Gasteiger partial charge in [0.2, 0.25) is 0 Å². The van der Waals surface area contributed by atoms with Crippen LogP contribution in [0.2, 0.25) is 0 Å². The number of rotatable bonds is 3. The van der Waals surface area contributed by atoms with E-state index in [9.17, 15) is 9.59 Å². The van der Waals surface area contributed by atoms with Crippen LogP contribution in [0, 0.1) is 0 Å². The number of amides is 1. The molecule has 0 N–H and O–H groups in total. The molecule has 1 saturated heterocycles. The topological polar surface area (TPSA) is 46.6 Å². The SMILES string of the molecule is CN1CC(=O)C(c2c[c]([Y])ccc2Oc2ccccc2)C1=O. The molecule has 2 aromatic rings. The summed E-state index contributed by atoms with van der Waals surface area (Å²) in [6.45, 7) is 0.166. The number of benzene rings is 2. The van der Waals surface area contributed by atoms with Crippen molar-refractivity contribution in [2.45, 2.75) is 5.92 Å². The van der Waals surface area contributed by atoms with E-state index >= 15 is 0 Å². The summed E-state index contributed by atoms with van der Waals surface area (Å²) in [5, 5.41) is 0. The van der Waals surface area contributed by atoms with Gasteiger partial charge in [0, 0.05) is 0 Å². The van der Waals surface area contributed by atoms with Crippen LogP contribution < -0.4 is 7.11 Å². The maximum atomic E-state index is 12.3. The standard InChI is InChI=1S/C17H14NO3.Y/c1-18-11-14(19)16(17(18)20)13-9-5-6-10-15(13)21-12-7-3-2-4-8-12;/h2-4,6-10,16H,11H2,1H3;. The summed E-state index contributed by atoms with van der Waals surface area (Å²) in [4.78, 5) is 26.0. The second-order valence-corrected chi connectivity index (χ2v) is 6.94. The van der Waals surface area contributed by atoms with Crippen molar-refractivity contribution in [1.29, 1.82) is 0 Å². The van der Waals surface area contributed by atoms with E-state index in [4.69, 9.17) is 4.74 Å². The van der Waals surface area contributed by atoms with Crippen LogP contribution in [0.5, 0.6) is 11.5 Å². The van der Waals surface area contributed by atoms with Crippen molar-refractivity contribution >= 4 is 14.1 Å². The molecule has 2 aromatic carbocycles. The van der Waals surface area contributed by atoms with Crippen LogP contribution in [-0.2, 0) is 40.5 Å². The normalized spacial score (nSPS) is 17.8. The van der Waals surface area contributed by atoms with E-state index in [1.807, 2.05) is 48.5 Å². The summed E-state index contributed by atoms with van der Waals surface area (Å²) in [6.07, 6.45) is 0. The third-order valence-electron chi connectivity index (χ3n) is 3.65. The van der Waals surface area contributed by atoms with Crippen LogP contribution in [0.3, 0.4) is 0 Å². The molecule has 3 rings (SSSR count). The van der Waals surface area contributed by atoms with Gasteiger partial charge in [0.15, 0.2) is 0 Å². The predicted molar refractivity (Wildman–Crippen MR) is 78.0 cm³/mol. The van der Waals surface area contributed by atoms with E-state index in [1.165, 1.54) is 4.90 Å². The number of Topliss-reactive ketones (excluding diaryl/α,β-unsaturated/α-hetero) is 1. The zero-order valence-electron chi connectivity index (χ0n) is 12.2. The Labute approximate surface area is 148 Å². The number of carbonyl (C=O) groups is 2. The Morgan fingerprint density at radius 3 is 2.50 bits per heavy atom. The summed E-state index contributed by atoms with van der Waals surface area (Å²) in [5.74, 6) is 0.295. The van der Waals surface area contributed by atoms with Crippen molar-refractivity contribution in [3.63, 3.8) is 0 Å². The average molecular weight is 369 g/mol. The fourth-order valence-corrected chi connectivity index (χ4v) is 3.25. The molecular weight excluding hydrogens is 355 g/mol. The molecule has 1 atom stereocenters. The molecule has 0 aliphatic carbocycles. The molecule has 108 valence electrons. The molecule has 1 aliphatic heterocycles. The molecule has 1 fully saturated rings. The number of para-hydroxylation sites is 1. The van der Waals surface area contributed by atoms with Crippen molar-refractivity contribution in [3.8, 4) is 11.5 Å². The van der Waals surface area contributed by atoms with Gasteiger partial charge in [0.1, 0.15) is 0 Å². The fourth-order valence-electron chi connectivity index (χ4n) is 2.57. The van der Waals surface area contributed by atoms with Gasteiger partial charge in [-0.15, -0.1) is 0 Å². The van der Waals surface area contributed by atoms with Crippen molar-refractivity contribution in [1.82, 2.24) is 4.90 Å². The van der Waals surface area contributed by atoms with Gasteiger partial charge in [-0.2, -0.15) is 0 Å². The zero-order chi connectivity index (χ0) is 15.7. The summed E-state index contributed by atoms with van der Waals surface area (Å²) in [5.41, 5.74) is 0.674. The Balaban J connectivity index is 2.02. The third kappa shape index (κ3) is 2.99. The van der Waals surface area contributed by atoms with Crippen LogP contribution in [0.1, 0.15) is 11.5 Å². The van der Waals surface area contributed by atoms with Crippen molar-refractivity contribution in [3.05, 3.63) is 54.1 Å². The van der Waals surface area contributed by atoms with Gasteiger partial charge in [0.05, 0.1) is 0 Å². The first-order valence-corrected chi connectivity index (χ1v) is 8.38. The van der Waals surface area contributed by atoms with E-state index in [2.05, 4.69) is 0 Å². The molecule has 1 aliphatic rings. The van der Waals surface area contributed by atoms with Gasteiger partial charge in [-0.1, -0.05) is 0 Å². The Hall–Kier alpha value is -1.52. The van der Waals surface area contributed by atoms with Crippen molar-refractivity contribution in [2.24, 2.45) is 0 Å². The summed E-state index contributed by atoms with van der Waals surface area (Å²) in [7, 11) is 1.65. The molecule has 22 heavy (non-hydrogen) atoms. The number of hydrogen-bond donors (Lipinski definition) is 0. The minimum absolute atomic E-state index is 0.0726. The summed E-state index contributed by atoms with van der Waals surface area (Å²) in [6, 6.07) is 15.1. The molecule has 5 heteroatoms. The molecule has 0 aromatic heterocycles. The third-order valence-corrected chi connectivity index (χ3v) is 4.54. The fraction of sp³-hybridized carbons (Fsp3) is 0.176. The van der Waals surface area contributed by atoms with Crippen molar-refractivity contribution in [2.75, 3.05) is 13.6 Å². The Kier molecular flexibility index (Phi) is 4.41. The molecule has 0 saturated carbocycles. The maximum absolute atomic E-state index is 12.3. The molecule has 1 heterocycles. The number of likely N-dealkylation sites (tertiary alicyclic amines) is 1. The van der Waals surface area contributed by atoms with Gasteiger partial charge in [0.25, 0.3) is 0 Å². The van der Waals surface area contributed by atoms with E-state index in [-0.39, 0.29) is 18.2 Å². The van der Waals surface area contributed by atoms with E-state index in [1.54, 1.807) is 7.05 Å². The summed E-state index contributed by atoms with van der Waals surface area (Å²) >= 11 is 0.923. The quantitative estimate of drug-likeness (QED) is 0.775. The molecule has 0 spiro atoms. The first kappa shape index (κ1) is 15.4. The van der Waals surface area contributed by atoms with Crippen LogP contribution in [0.15, 0.2) is 48.5 Å². The number of carbonyl (C=O) groups excluding carboxylic acids is 2. The van der Waals surface area contributed by atoms with Crippen LogP contribution in [-0.4, -0.2) is 30.2 Å².